The van der Waals surface area contributed by atoms with Crippen LogP contribution in [0, 0.1) is 6.92 Å². The van der Waals surface area contributed by atoms with Crippen LogP contribution in [-0.2, 0) is 6.42 Å². The number of benzene rings is 1. The van der Waals surface area contributed by atoms with Crippen LogP contribution in [0.5, 0.6) is 11.6 Å². The zero-order valence-corrected chi connectivity index (χ0v) is 13.4. The van der Waals surface area contributed by atoms with Crippen LogP contribution < -0.4 is 10.5 Å². The third-order valence-electron chi connectivity index (χ3n) is 3.17. The van der Waals surface area contributed by atoms with Crippen molar-refractivity contribution in [3.05, 3.63) is 52.1 Å². The fourth-order valence-corrected chi connectivity index (χ4v) is 2.35. The zero-order valence-electron chi connectivity index (χ0n) is 11.8. The maximum atomic E-state index is 5.94. The zero-order chi connectivity index (χ0) is 14.5. The molecule has 0 aliphatic carbocycles. The summed E-state index contributed by atoms with van der Waals surface area (Å²) in [4.78, 5) is 4.34. The average Bonchev–Trinajstić information content (AvgIpc) is 2.44. The molecule has 3 nitrogen and oxygen atoms in total. The number of pyridine rings is 1. The summed E-state index contributed by atoms with van der Waals surface area (Å²) in [6.07, 6.45) is 3.65. The number of hydrogen-bond acceptors (Lipinski definition) is 3. The van der Waals surface area contributed by atoms with E-state index in [-0.39, 0.29) is 6.04 Å². The van der Waals surface area contributed by atoms with Gasteiger partial charge in [-0.3, -0.25) is 0 Å². The Morgan fingerprint density at radius 2 is 2.10 bits per heavy atom. The first-order valence-corrected chi connectivity index (χ1v) is 7.52. The molecule has 1 atom stereocenters. The molecule has 0 aliphatic rings. The van der Waals surface area contributed by atoms with Crippen LogP contribution >= 0.6 is 15.9 Å². The molecule has 0 spiro atoms. The third-order valence-corrected chi connectivity index (χ3v) is 3.66. The maximum Gasteiger partial charge on any atom is 0.219 e. The van der Waals surface area contributed by atoms with Crippen LogP contribution in [-0.4, -0.2) is 11.0 Å². The Morgan fingerprint density at radius 1 is 1.30 bits per heavy atom. The lowest BCUT2D eigenvalue weighted by atomic mass is 10.1. The molecule has 0 saturated heterocycles. The highest BCUT2D eigenvalue weighted by Crippen LogP contribution is 2.26. The fraction of sp³-hybridized carbons (Fsp3) is 0.312. The van der Waals surface area contributed by atoms with Gasteiger partial charge in [0.05, 0.1) is 0 Å². The second-order valence-corrected chi connectivity index (χ2v) is 5.80. The van der Waals surface area contributed by atoms with E-state index in [9.17, 15) is 0 Å². The van der Waals surface area contributed by atoms with Gasteiger partial charge in [0.15, 0.2) is 0 Å². The minimum absolute atomic E-state index is 0.192. The molecule has 0 saturated carbocycles. The van der Waals surface area contributed by atoms with E-state index in [2.05, 4.69) is 27.8 Å². The second kappa shape index (κ2) is 6.86. The number of rotatable bonds is 5. The molecule has 1 unspecified atom stereocenters. The minimum atomic E-state index is 0.192. The van der Waals surface area contributed by atoms with E-state index in [0.29, 0.717) is 5.88 Å². The Balaban J connectivity index is 2.07. The summed E-state index contributed by atoms with van der Waals surface area (Å²) in [7, 11) is 0. The second-order valence-electron chi connectivity index (χ2n) is 4.89. The summed E-state index contributed by atoms with van der Waals surface area (Å²) >= 11 is 3.44. The summed E-state index contributed by atoms with van der Waals surface area (Å²) in [6.45, 7) is 4.10. The Bertz CT molecular complexity index is 569. The largest absolute Gasteiger partial charge is 0.439 e. The quantitative estimate of drug-likeness (QED) is 0.890. The molecule has 1 heterocycles. The van der Waals surface area contributed by atoms with Gasteiger partial charge in [-0.2, -0.15) is 0 Å². The number of hydrogen-bond donors (Lipinski definition) is 1. The van der Waals surface area contributed by atoms with Crippen molar-refractivity contribution in [3.63, 3.8) is 0 Å². The lowest BCUT2D eigenvalue weighted by Gasteiger charge is -2.10. The number of aryl methyl sites for hydroxylation is 1. The molecule has 2 rings (SSSR count). The van der Waals surface area contributed by atoms with Gasteiger partial charge < -0.3 is 10.5 Å². The van der Waals surface area contributed by atoms with Gasteiger partial charge in [-0.15, -0.1) is 0 Å². The van der Waals surface area contributed by atoms with Crippen molar-refractivity contribution in [2.75, 3.05) is 0 Å². The van der Waals surface area contributed by atoms with Gasteiger partial charge in [0, 0.05) is 22.8 Å². The number of aromatic nitrogens is 1. The van der Waals surface area contributed by atoms with Crippen molar-refractivity contribution < 1.29 is 4.74 Å². The maximum absolute atomic E-state index is 5.94. The molecular weight excluding hydrogens is 316 g/mol. The number of halogens is 1. The summed E-state index contributed by atoms with van der Waals surface area (Å²) in [5.41, 5.74) is 8.14. The average molecular weight is 335 g/mol. The summed E-state index contributed by atoms with van der Waals surface area (Å²) < 4.78 is 6.83. The molecule has 0 aliphatic heterocycles. The molecule has 2 N–H and O–H groups in total. The predicted molar refractivity (Wildman–Crippen MR) is 85.2 cm³/mol. The highest BCUT2D eigenvalue weighted by Gasteiger charge is 2.05. The molecule has 0 amide bonds. The topological polar surface area (TPSA) is 48.1 Å². The van der Waals surface area contributed by atoms with Gasteiger partial charge in [0.25, 0.3) is 0 Å². The molecule has 4 heteroatoms. The molecule has 0 fully saturated rings. The van der Waals surface area contributed by atoms with E-state index in [1.165, 1.54) is 0 Å². The van der Waals surface area contributed by atoms with E-state index in [4.69, 9.17) is 10.5 Å². The molecular formula is C16H19BrN2O. The first kappa shape index (κ1) is 15.0. The van der Waals surface area contributed by atoms with Gasteiger partial charge in [-0.1, -0.05) is 28.9 Å². The first-order valence-electron chi connectivity index (χ1n) is 6.73. The predicted octanol–water partition coefficient (Wildman–Crippen LogP) is 4.22. The van der Waals surface area contributed by atoms with Crippen LogP contribution in [0.25, 0.3) is 0 Å². The number of ether oxygens (including phenoxy) is 1. The number of nitrogens with two attached hydrogens (primary N) is 1. The molecule has 20 heavy (non-hydrogen) atoms. The van der Waals surface area contributed by atoms with Gasteiger partial charge in [-0.25, -0.2) is 4.98 Å². The third kappa shape index (κ3) is 4.05. The molecule has 0 bridgehead atoms. The standard InChI is InChI=1S/C16H19BrN2O/c1-3-14(18)9-12-4-7-16(19-10-12)20-15-6-5-13(17)8-11(15)2/h4-8,10,14H,3,9,18H2,1-2H3. The molecule has 2 aromatic rings. The van der Waals surface area contributed by atoms with Crippen molar-refractivity contribution in [1.29, 1.82) is 0 Å². The van der Waals surface area contributed by atoms with Crippen molar-refractivity contribution in [3.8, 4) is 11.6 Å². The van der Waals surface area contributed by atoms with E-state index < -0.39 is 0 Å². The Morgan fingerprint density at radius 3 is 2.70 bits per heavy atom. The molecule has 1 aromatic carbocycles. The highest BCUT2D eigenvalue weighted by atomic mass is 79.9. The number of nitrogens with zero attached hydrogens (tertiary/aromatic N) is 1. The van der Waals surface area contributed by atoms with E-state index >= 15 is 0 Å². The fourth-order valence-electron chi connectivity index (χ4n) is 1.88. The van der Waals surface area contributed by atoms with Crippen molar-refractivity contribution in [2.24, 2.45) is 5.73 Å². The van der Waals surface area contributed by atoms with Gasteiger partial charge >= 0.3 is 0 Å². The summed E-state index contributed by atoms with van der Waals surface area (Å²) in [6, 6.07) is 10.0. The SMILES string of the molecule is CCC(N)Cc1ccc(Oc2ccc(Br)cc2C)nc1. The Hall–Kier alpha value is -1.39. The van der Waals surface area contributed by atoms with Crippen molar-refractivity contribution in [1.82, 2.24) is 4.98 Å². The van der Waals surface area contributed by atoms with Crippen LogP contribution in [0.3, 0.4) is 0 Å². The smallest absolute Gasteiger partial charge is 0.219 e. The molecule has 1 aromatic heterocycles. The minimum Gasteiger partial charge on any atom is -0.439 e. The van der Waals surface area contributed by atoms with Crippen LogP contribution in [0.4, 0.5) is 0 Å². The van der Waals surface area contributed by atoms with E-state index in [1.807, 2.05) is 43.5 Å². The Kier molecular flexibility index (Phi) is 5.15. The molecule has 106 valence electrons. The van der Waals surface area contributed by atoms with Gasteiger partial charge in [0.1, 0.15) is 5.75 Å². The van der Waals surface area contributed by atoms with Crippen molar-refractivity contribution in [2.45, 2.75) is 32.7 Å². The highest BCUT2D eigenvalue weighted by molar-refractivity contribution is 9.10. The van der Waals surface area contributed by atoms with Gasteiger partial charge in [-0.05, 0) is 49.1 Å². The lowest BCUT2D eigenvalue weighted by molar-refractivity contribution is 0.458. The monoisotopic (exact) mass is 334 g/mol. The molecule has 0 radical (unpaired) electrons. The summed E-state index contributed by atoms with van der Waals surface area (Å²) in [5.74, 6) is 1.42. The van der Waals surface area contributed by atoms with Crippen LogP contribution in [0.2, 0.25) is 0 Å². The van der Waals surface area contributed by atoms with E-state index in [1.54, 1.807) is 0 Å². The first-order chi connectivity index (χ1) is 9.58. The van der Waals surface area contributed by atoms with E-state index in [0.717, 1.165) is 34.2 Å². The lowest BCUT2D eigenvalue weighted by Crippen LogP contribution is -2.21. The normalized spacial score (nSPS) is 12.2. The Labute approximate surface area is 128 Å². The van der Waals surface area contributed by atoms with Gasteiger partial charge in [0.2, 0.25) is 5.88 Å². The van der Waals surface area contributed by atoms with Crippen molar-refractivity contribution >= 4 is 15.9 Å². The summed E-state index contributed by atoms with van der Waals surface area (Å²) in [5, 5.41) is 0. The van der Waals surface area contributed by atoms with Crippen LogP contribution in [0.15, 0.2) is 41.0 Å². The van der Waals surface area contributed by atoms with Crippen LogP contribution in [0.1, 0.15) is 24.5 Å².